The first-order chi connectivity index (χ1) is 10.0. The van der Waals surface area contributed by atoms with Crippen LogP contribution in [0.1, 0.15) is 17.2 Å². The second-order valence-corrected chi connectivity index (χ2v) is 6.95. The fourth-order valence-corrected chi connectivity index (χ4v) is 3.48. The van der Waals surface area contributed by atoms with Gasteiger partial charge in [0, 0.05) is 6.54 Å². The van der Waals surface area contributed by atoms with Gasteiger partial charge in [-0.25, -0.2) is 13.1 Å². The number of nitrogens with zero attached hydrogens (tertiary/aromatic N) is 1. The summed E-state index contributed by atoms with van der Waals surface area (Å²) in [7, 11) is -3.67. The summed E-state index contributed by atoms with van der Waals surface area (Å²) in [6, 6.07) is 9.86. The van der Waals surface area contributed by atoms with Crippen molar-refractivity contribution >= 4 is 21.4 Å². The minimum Gasteiger partial charge on any atom is -0.387 e. The number of thiophene rings is 1. The molecule has 21 heavy (non-hydrogen) atoms. The quantitative estimate of drug-likeness (QED) is 0.849. The molecule has 0 saturated heterocycles. The maximum Gasteiger partial charge on any atom is 0.240 e. The summed E-state index contributed by atoms with van der Waals surface area (Å²) in [5, 5.41) is 22.0. The van der Waals surface area contributed by atoms with Gasteiger partial charge in [-0.1, -0.05) is 12.1 Å². The van der Waals surface area contributed by atoms with E-state index in [-0.39, 0.29) is 17.9 Å². The summed E-state index contributed by atoms with van der Waals surface area (Å²) in [4.78, 5) is 0.113. The van der Waals surface area contributed by atoms with E-state index in [1.807, 2.05) is 11.4 Å². The molecule has 0 aliphatic heterocycles. The van der Waals surface area contributed by atoms with Gasteiger partial charge in [-0.3, -0.25) is 0 Å². The molecule has 0 aliphatic carbocycles. The van der Waals surface area contributed by atoms with Crippen LogP contribution in [0.5, 0.6) is 0 Å². The Morgan fingerprint density at radius 3 is 2.57 bits per heavy atom. The van der Waals surface area contributed by atoms with E-state index in [0.29, 0.717) is 5.56 Å². The van der Waals surface area contributed by atoms with Crippen LogP contribution in [0.2, 0.25) is 0 Å². The highest BCUT2D eigenvalue weighted by Gasteiger charge is 2.16. The number of nitriles is 1. The number of hydrogen-bond donors (Lipinski definition) is 2. The highest BCUT2D eigenvalue weighted by atomic mass is 32.2. The van der Waals surface area contributed by atoms with Crippen LogP contribution in [0, 0.1) is 11.3 Å². The van der Waals surface area contributed by atoms with Gasteiger partial charge in [0.25, 0.3) is 0 Å². The lowest BCUT2D eigenvalue weighted by molar-refractivity contribution is 0.182. The largest absolute Gasteiger partial charge is 0.387 e. The van der Waals surface area contributed by atoms with Gasteiger partial charge in [0.05, 0.1) is 23.5 Å². The third kappa shape index (κ3) is 4.12. The van der Waals surface area contributed by atoms with Crippen LogP contribution in [-0.4, -0.2) is 20.1 Å². The fraction of sp³-hybridized carbons (Fsp3) is 0.214. The Balaban J connectivity index is 2.03. The molecule has 1 heterocycles. The SMILES string of the molecule is N#CCc1ccc(S(=O)(=O)NCC(O)c2ccsc2)cc1. The Hall–Kier alpha value is -1.72. The third-order valence-corrected chi connectivity index (χ3v) is 5.05. The van der Waals surface area contributed by atoms with Crippen molar-refractivity contribution in [3.63, 3.8) is 0 Å². The summed E-state index contributed by atoms with van der Waals surface area (Å²) in [6.07, 6.45) is -0.631. The smallest absolute Gasteiger partial charge is 0.240 e. The first-order valence-electron chi connectivity index (χ1n) is 6.18. The Labute approximate surface area is 127 Å². The van der Waals surface area contributed by atoms with Crippen molar-refractivity contribution in [2.24, 2.45) is 0 Å². The zero-order valence-corrected chi connectivity index (χ0v) is 12.7. The van der Waals surface area contributed by atoms with E-state index in [4.69, 9.17) is 5.26 Å². The maximum absolute atomic E-state index is 12.1. The summed E-state index contributed by atoms with van der Waals surface area (Å²) in [5.74, 6) is 0. The second-order valence-electron chi connectivity index (χ2n) is 4.40. The molecule has 0 aliphatic rings. The molecule has 2 aromatic rings. The Bertz CT molecular complexity index is 717. The summed E-state index contributed by atoms with van der Waals surface area (Å²) in [6.45, 7) is -0.0843. The van der Waals surface area contributed by atoms with Crippen LogP contribution < -0.4 is 4.72 Å². The van der Waals surface area contributed by atoms with Crippen molar-refractivity contribution in [1.82, 2.24) is 4.72 Å². The van der Waals surface area contributed by atoms with E-state index in [1.54, 1.807) is 23.6 Å². The molecule has 0 bridgehead atoms. The van der Waals surface area contributed by atoms with Gasteiger partial charge in [-0.15, -0.1) is 0 Å². The zero-order chi connectivity index (χ0) is 15.3. The summed E-state index contributed by atoms with van der Waals surface area (Å²) >= 11 is 1.44. The molecule has 1 unspecified atom stereocenters. The topological polar surface area (TPSA) is 90.2 Å². The third-order valence-electron chi connectivity index (χ3n) is 2.91. The Morgan fingerprint density at radius 1 is 1.29 bits per heavy atom. The monoisotopic (exact) mass is 322 g/mol. The minimum absolute atomic E-state index is 0.0843. The van der Waals surface area contributed by atoms with Crippen LogP contribution in [0.15, 0.2) is 46.0 Å². The van der Waals surface area contributed by atoms with E-state index >= 15 is 0 Å². The average Bonchev–Trinajstić information content (AvgIpc) is 3.00. The van der Waals surface area contributed by atoms with Gasteiger partial charge in [0.15, 0.2) is 0 Å². The van der Waals surface area contributed by atoms with Crippen LogP contribution in [0.25, 0.3) is 0 Å². The number of sulfonamides is 1. The summed E-state index contributed by atoms with van der Waals surface area (Å²) in [5.41, 5.74) is 1.45. The predicted molar refractivity (Wildman–Crippen MR) is 80.2 cm³/mol. The van der Waals surface area contributed by atoms with Crippen molar-refractivity contribution in [3.05, 3.63) is 52.2 Å². The molecular formula is C14H14N2O3S2. The van der Waals surface area contributed by atoms with E-state index in [1.165, 1.54) is 23.5 Å². The van der Waals surface area contributed by atoms with Gasteiger partial charge in [0.1, 0.15) is 0 Å². The normalized spacial score (nSPS) is 12.8. The molecule has 0 amide bonds. The molecule has 1 aromatic heterocycles. The first-order valence-corrected chi connectivity index (χ1v) is 8.61. The van der Waals surface area contributed by atoms with Gasteiger partial charge >= 0.3 is 0 Å². The number of benzene rings is 1. The van der Waals surface area contributed by atoms with Crippen molar-refractivity contribution < 1.29 is 13.5 Å². The van der Waals surface area contributed by atoms with E-state index < -0.39 is 16.1 Å². The molecule has 0 radical (unpaired) electrons. The van der Waals surface area contributed by atoms with Crippen molar-refractivity contribution in [2.45, 2.75) is 17.4 Å². The Kier molecular flexibility index (Phi) is 5.09. The molecule has 2 rings (SSSR count). The zero-order valence-electron chi connectivity index (χ0n) is 11.1. The molecule has 110 valence electrons. The van der Waals surface area contributed by atoms with E-state index in [2.05, 4.69) is 4.72 Å². The molecule has 2 N–H and O–H groups in total. The minimum atomic E-state index is -3.67. The van der Waals surface area contributed by atoms with Crippen LogP contribution in [0.3, 0.4) is 0 Å². The van der Waals surface area contributed by atoms with E-state index in [9.17, 15) is 13.5 Å². The number of hydrogen-bond acceptors (Lipinski definition) is 5. The van der Waals surface area contributed by atoms with Crippen LogP contribution in [-0.2, 0) is 16.4 Å². The number of rotatable bonds is 6. The van der Waals surface area contributed by atoms with Crippen LogP contribution >= 0.6 is 11.3 Å². The Morgan fingerprint density at radius 2 is 2.00 bits per heavy atom. The van der Waals surface area contributed by atoms with Crippen molar-refractivity contribution in [2.75, 3.05) is 6.54 Å². The standard InChI is InChI=1S/C14H14N2O3S2/c15-7-5-11-1-3-13(4-2-11)21(18,19)16-9-14(17)12-6-8-20-10-12/h1-4,6,8,10,14,16-17H,5,9H2. The van der Waals surface area contributed by atoms with Gasteiger partial charge in [-0.05, 0) is 40.1 Å². The number of aliphatic hydroxyl groups is 1. The van der Waals surface area contributed by atoms with Gasteiger partial charge in [-0.2, -0.15) is 16.6 Å². The number of nitrogens with one attached hydrogen (secondary N) is 1. The fourth-order valence-electron chi connectivity index (χ4n) is 1.73. The highest BCUT2D eigenvalue weighted by molar-refractivity contribution is 7.89. The molecule has 1 atom stereocenters. The van der Waals surface area contributed by atoms with Crippen molar-refractivity contribution in [3.8, 4) is 6.07 Å². The highest BCUT2D eigenvalue weighted by Crippen LogP contribution is 2.16. The van der Waals surface area contributed by atoms with Gasteiger partial charge in [0.2, 0.25) is 10.0 Å². The molecule has 1 aromatic carbocycles. The lowest BCUT2D eigenvalue weighted by Gasteiger charge is -2.11. The lowest BCUT2D eigenvalue weighted by atomic mass is 10.2. The van der Waals surface area contributed by atoms with Crippen LogP contribution in [0.4, 0.5) is 0 Å². The van der Waals surface area contributed by atoms with Crippen molar-refractivity contribution in [1.29, 1.82) is 5.26 Å². The maximum atomic E-state index is 12.1. The van der Waals surface area contributed by atoms with Gasteiger partial charge < -0.3 is 5.11 Å². The lowest BCUT2D eigenvalue weighted by Crippen LogP contribution is -2.28. The first kappa shape index (κ1) is 15.7. The van der Waals surface area contributed by atoms with E-state index in [0.717, 1.165) is 5.56 Å². The molecule has 5 nitrogen and oxygen atoms in total. The molecule has 0 fully saturated rings. The predicted octanol–water partition coefficient (Wildman–Crippen LogP) is 1.83. The second kappa shape index (κ2) is 6.83. The summed E-state index contributed by atoms with van der Waals surface area (Å²) < 4.78 is 26.6. The molecule has 0 spiro atoms. The molecular weight excluding hydrogens is 308 g/mol. The molecule has 7 heteroatoms. The number of aliphatic hydroxyl groups excluding tert-OH is 1. The molecule has 0 saturated carbocycles. The average molecular weight is 322 g/mol.